The molecule has 2 amide bonds. The van der Waals surface area contributed by atoms with E-state index < -0.39 is 12.0 Å². The Kier molecular flexibility index (Phi) is 18.5. The normalized spacial score (nSPS) is 13.8. The number of rotatable bonds is 20. The number of methoxy groups -OCH3 is 1. The summed E-state index contributed by atoms with van der Waals surface area (Å²) in [4.78, 5) is 64.2. The van der Waals surface area contributed by atoms with Gasteiger partial charge >= 0.3 is 5.97 Å². The van der Waals surface area contributed by atoms with Crippen LogP contribution in [0.1, 0.15) is 50.8 Å². The van der Waals surface area contributed by atoms with E-state index in [9.17, 15) is 14.4 Å². The van der Waals surface area contributed by atoms with Gasteiger partial charge in [-0.3, -0.25) is 19.5 Å². The number of thioether (sulfide) groups is 2. The van der Waals surface area contributed by atoms with Gasteiger partial charge < -0.3 is 29.7 Å². The summed E-state index contributed by atoms with van der Waals surface area (Å²) < 4.78 is 11.0. The molecule has 15 heteroatoms. The Bertz CT molecular complexity index is 2730. The molecule has 1 fully saturated rings. The van der Waals surface area contributed by atoms with Gasteiger partial charge in [-0.05, 0) is 98.9 Å². The molecular weight excluding hydrogens is 905 g/mol. The third kappa shape index (κ3) is 13.9. The number of hydrogen-bond donors (Lipinski definition) is 3. The Balaban J connectivity index is 0.000000213. The molecule has 1 saturated heterocycles. The highest BCUT2D eigenvalue weighted by molar-refractivity contribution is 7.98. The Morgan fingerprint density at radius 1 is 0.913 bits per heavy atom. The topological polar surface area (TPSA) is 158 Å². The predicted octanol–water partition coefficient (Wildman–Crippen LogP) is 9.71. The van der Waals surface area contributed by atoms with Crippen molar-refractivity contribution in [3.63, 3.8) is 0 Å². The third-order valence-electron chi connectivity index (χ3n) is 11.9. The molecule has 2 atom stereocenters. The van der Waals surface area contributed by atoms with Crippen LogP contribution in [0, 0.1) is 0 Å². The van der Waals surface area contributed by atoms with Gasteiger partial charge in [-0.1, -0.05) is 72.8 Å². The highest BCUT2D eigenvalue weighted by atomic mass is 32.2. The van der Waals surface area contributed by atoms with Crippen molar-refractivity contribution in [3.05, 3.63) is 139 Å². The zero-order chi connectivity index (χ0) is 48.5. The van der Waals surface area contributed by atoms with E-state index in [1.54, 1.807) is 57.0 Å². The van der Waals surface area contributed by atoms with Crippen LogP contribution in [-0.2, 0) is 32.1 Å². The number of pyridine rings is 1. The first kappa shape index (κ1) is 50.5. The van der Waals surface area contributed by atoms with E-state index in [1.165, 1.54) is 15.7 Å². The number of benzene rings is 4. The number of esters is 1. The van der Waals surface area contributed by atoms with E-state index >= 15 is 0 Å². The lowest BCUT2D eigenvalue weighted by Gasteiger charge is -2.31. The SMILES string of the molecule is COc1ccccc1CN(CC(=O)N[C@@H](CCSC)C(=O)OC(C)C)C[C@@H]1CCCN1C(=O)CCc1cnc[nH]1.CSc1ccc(-c2nc(-c3ccncc3)c(-c3cccc4ccccc34)[nH]2)cc1. The highest BCUT2D eigenvalue weighted by Gasteiger charge is 2.32. The number of carbonyl (C=O) groups excluding carboxylic acids is 3. The molecule has 69 heavy (non-hydrogen) atoms. The van der Waals surface area contributed by atoms with Gasteiger partial charge in [0.05, 0.1) is 37.5 Å². The lowest BCUT2D eigenvalue weighted by Crippen LogP contribution is -2.49. The minimum Gasteiger partial charge on any atom is -0.496 e. The van der Waals surface area contributed by atoms with Crippen LogP contribution < -0.4 is 10.1 Å². The number of amides is 2. The van der Waals surface area contributed by atoms with Gasteiger partial charge in [-0.25, -0.2) is 14.8 Å². The number of aromatic amines is 2. The maximum Gasteiger partial charge on any atom is 0.328 e. The molecule has 8 rings (SSSR count). The number of nitrogens with one attached hydrogen (secondary N) is 3. The molecule has 0 spiro atoms. The Labute approximate surface area is 413 Å². The molecule has 1 aliphatic heterocycles. The summed E-state index contributed by atoms with van der Waals surface area (Å²) in [6.07, 6.45) is 14.1. The van der Waals surface area contributed by atoms with Gasteiger partial charge in [-0.15, -0.1) is 11.8 Å². The molecule has 0 unspecified atom stereocenters. The summed E-state index contributed by atoms with van der Waals surface area (Å²) in [5, 5.41) is 5.33. The molecule has 0 bridgehead atoms. The Hall–Kier alpha value is -6.42. The van der Waals surface area contributed by atoms with Gasteiger partial charge in [0.1, 0.15) is 17.6 Å². The third-order valence-corrected chi connectivity index (χ3v) is 13.3. The van der Waals surface area contributed by atoms with Crippen LogP contribution in [0.5, 0.6) is 5.75 Å². The largest absolute Gasteiger partial charge is 0.496 e. The van der Waals surface area contributed by atoms with Crippen molar-refractivity contribution < 1.29 is 23.9 Å². The zero-order valence-corrected chi connectivity index (χ0v) is 41.7. The maximum absolute atomic E-state index is 13.3. The number of ether oxygens (including phenoxy) is 2. The standard InChI is InChI=1S/C29H43N5O5S.C25H19N3S/c1-21(2)39-29(37)25(13-15-40-4)32-27(35)19-33(17-22-8-5-6-10-26(22)38-3)18-24-9-7-14-34(24)28(36)12-11-23-16-30-20-31-23;1-29-20-11-9-19(10-12-20)25-27-23(18-13-15-26-16-14-18)24(28-25)22-8-4-6-17-5-2-3-7-21(17)22/h5-6,8,10,16,20-21,24-25H,7,9,11-15,17-19H2,1-4H3,(H,30,31)(H,32,35);2-16H,1H3,(H,27,28)/t24-,25-;/m0./s1. The van der Waals surface area contributed by atoms with Crippen molar-refractivity contribution in [2.75, 3.05) is 45.0 Å². The first-order valence-corrected chi connectivity index (χ1v) is 26.0. The van der Waals surface area contributed by atoms with Gasteiger partial charge in [0.15, 0.2) is 0 Å². The number of para-hydroxylation sites is 1. The number of carbonyl (C=O) groups is 3. The molecule has 0 saturated carbocycles. The van der Waals surface area contributed by atoms with Crippen molar-refractivity contribution >= 4 is 52.1 Å². The molecule has 0 radical (unpaired) electrons. The van der Waals surface area contributed by atoms with E-state index in [1.807, 2.05) is 64.8 Å². The monoisotopic (exact) mass is 966 g/mol. The fourth-order valence-corrected chi connectivity index (χ4v) is 9.46. The fraction of sp³-hybridized carbons (Fsp3) is 0.333. The van der Waals surface area contributed by atoms with Gasteiger partial charge in [0.25, 0.3) is 0 Å². The molecule has 7 aromatic rings. The smallest absolute Gasteiger partial charge is 0.328 e. The van der Waals surface area contributed by atoms with Crippen LogP contribution in [0.25, 0.3) is 44.7 Å². The summed E-state index contributed by atoms with van der Waals surface area (Å²) in [7, 11) is 1.63. The Morgan fingerprint density at radius 3 is 2.42 bits per heavy atom. The van der Waals surface area contributed by atoms with E-state index in [0.29, 0.717) is 38.9 Å². The second-order valence-electron chi connectivity index (χ2n) is 17.1. The lowest BCUT2D eigenvalue weighted by atomic mass is 9.99. The molecule has 1 aliphatic rings. The average Bonchev–Trinajstić information content (AvgIpc) is 4.18. The van der Waals surface area contributed by atoms with Crippen LogP contribution in [0.4, 0.5) is 0 Å². The average molecular weight is 967 g/mol. The second-order valence-corrected chi connectivity index (χ2v) is 19.0. The number of aryl methyl sites for hydroxylation is 1. The number of aromatic nitrogens is 5. The first-order valence-electron chi connectivity index (χ1n) is 23.4. The second kappa shape index (κ2) is 25.3. The Morgan fingerprint density at radius 2 is 1.68 bits per heavy atom. The molecule has 4 aromatic carbocycles. The molecule has 360 valence electrons. The first-order chi connectivity index (χ1) is 33.6. The van der Waals surface area contributed by atoms with E-state index in [-0.39, 0.29) is 30.5 Å². The number of imidazole rings is 2. The number of likely N-dealkylation sites (tertiary alicyclic amines) is 1. The molecule has 4 heterocycles. The van der Waals surface area contributed by atoms with Crippen LogP contribution in [0.3, 0.4) is 0 Å². The summed E-state index contributed by atoms with van der Waals surface area (Å²) >= 11 is 3.35. The minimum atomic E-state index is -0.706. The highest BCUT2D eigenvalue weighted by Crippen LogP contribution is 2.37. The van der Waals surface area contributed by atoms with Gasteiger partial charge in [0.2, 0.25) is 11.8 Å². The summed E-state index contributed by atoms with van der Waals surface area (Å²) in [5.41, 5.74) is 7.12. The molecule has 13 nitrogen and oxygen atoms in total. The van der Waals surface area contributed by atoms with Crippen LogP contribution >= 0.6 is 23.5 Å². The van der Waals surface area contributed by atoms with Crippen molar-refractivity contribution in [2.45, 2.75) is 75.6 Å². The molecule has 3 aromatic heterocycles. The fourth-order valence-electron chi connectivity index (χ4n) is 8.58. The van der Waals surface area contributed by atoms with E-state index in [0.717, 1.165) is 69.5 Å². The number of hydrogen-bond acceptors (Lipinski definition) is 11. The van der Waals surface area contributed by atoms with E-state index in [2.05, 4.69) is 98.2 Å². The summed E-state index contributed by atoms with van der Waals surface area (Å²) in [6, 6.07) is 34.4. The van der Waals surface area contributed by atoms with Crippen molar-refractivity contribution in [1.82, 2.24) is 40.0 Å². The van der Waals surface area contributed by atoms with Crippen molar-refractivity contribution in [1.29, 1.82) is 0 Å². The molecule has 0 aliphatic carbocycles. The maximum atomic E-state index is 13.3. The quantitative estimate of drug-likeness (QED) is 0.0494. The minimum absolute atomic E-state index is 0.00466. The van der Waals surface area contributed by atoms with Crippen LogP contribution in [-0.4, -0.2) is 116 Å². The van der Waals surface area contributed by atoms with Crippen molar-refractivity contribution in [2.24, 2.45) is 0 Å². The van der Waals surface area contributed by atoms with Crippen LogP contribution in [0.2, 0.25) is 0 Å². The number of fused-ring (bicyclic) bond motifs is 1. The van der Waals surface area contributed by atoms with E-state index in [4.69, 9.17) is 14.5 Å². The lowest BCUT2D eigenvalue weighted by molar-refractivity contribution is -0.151. The van der Waals surface area contributed by atoms with Crippen LogP contribution in [0.15, 0.2) is 133 Å². The summed E-state index contributed by atoms with van der Waals surface area (Å²) in [6.45, 7) is 5.38. The molecule has 3 N–H and O–H groups in total. The summed E-state index contributed by atoms with van der Waals surface area (Å²) in [5.74, 6) is 1.76. The van der Waals surface area contributed by atoms with Gasteiger partial charge in [-0.2, -0.15) is 11.8 Å². The van der Waals surface area contributed by atoms with Crippen molar-refractivity contribution in [3.8, 4) is 39.7 Å². The number of nitrogens with zero attached hydrogens (tertiary/aromatic N) is 5. The molecular formula is C54H62N8O5S2. The predicted molar refractivity (Wildman–Crippen MR) is 278 cm³/mol. The number of H-pyrrole nitrogens is 2. The van der Waals surface area contributed by atoms with Gasteiger partial charge in [0, 0.05) is 83.5 Å². The zero-order valence-electron chi connectivity index (χ0n) is 40.0.